The van der Waals surface area contributed by atoms with Crippen LogP contribution in [0.25, 0.3) is 0 Å². The lowest BCUT2D eigenvalue weighted by molar-refractivity contribution is -0.0555. The molecule has 3 rings (SSSR count). The molecule has 0 saturated carbocycles. The minimum absolute atomic E-state index is 0.174. The highest BCUT2D eigenvalue weighted by Gasteiger charge is 2.42. The Hall–Kier alpha value is -1.26. The van der Waals surface area contributed by atoms with Gasteiger partial charge in [0.05, 0.1) is 6.10 Å². The fourth-order valence-electron chi connectivity index (χ4n) is 3.20. The van der Waals surface area contributed by atoms with E-state index in [1.807, 2.05) is 0 Å². The summed E-state index contributed by atoms with van der Waals surface area (Å²) in [6.07, 6.45) is 2.13. The van der Waals surface area contributed by atoms with Gasteiger partial charge in [-0.1, -0.05) is 0 Å². The highest BCUT2D eigenvalue weighted by Crippen LogP contribution is 2.44. The third-order valence-corrected chi connectivity index (χ3v) is 3.97. The van der Waals surface area contributed by atoms with Gasteiger partial charge in [-0.15, -0.1) is 0 Å². The molecule has 0 amide bonds. The SMILES string of the molecule is CN1CCCC2(CC(O)c3cc(O)ccc3O2)C1. The minimum atomic E-state index is -0.549. The lowest BCUT2D eigenvalue weighted by Gasteiger charge is -2.45. The first-order valence-electron chi connectivity index (χ1n) is 6.47. The quantitative estimate of drug-likeness (QED) is 0.734. The summed E-state index contributed by atoms with van der Waals surface area (Å²) in [4.78, 5) is 2.25. The van der Waals surface area contributed by atoms with Crippen LogP contribution in [0.2, 0.25) is 0 Å². The molecule has 1 spiro atoms. The van der Waals surface area contributed by atoms with Crippen molar-refractivity contribution in [2.24, 2.45) is 0 Å². The molecule has 2 heterocycles. The molecule has 2 atom stereocenters. The summed E-state index contributed by atoms with van der Waals surface area (Å²) in [6.45, 7) is 1.94. The molecule has 2 unspecified atom stereocenters. The highest BCUT2D eigenvalue weighted by molar-refractivity contribution is 5.43. The van der Waals surface area contributed by atoms with Crippen LogP contribution < -0.4 is 4.74 Å². The number of benzene rings is 1. The van der Waals surface area contributed by atoms with Crippen molar-refractivity contribution in [2.75, 3.05) is 20.1 Å². The third kappa shape index (κ3) is 1.95. The van der Waals surface area contributed by atoms with Gasteiger partial charge in [-0.25, -0.2) is 0 Å². The standard InChI is InChI=1S/C14H19NO3/c1-15-6-2-5-14(9-15)8-12(17)11-7-10(16)3-4-13(11)18-14/h3-4,7,12,16-17H,2,5-6,8-9H2,1H3. The summed E-state index contributed by atoms with van der Waals surface area (Å²) in [5, 5.41) is 19.8. The molecule has 4 nitrogen and oxygen atoms in total. The van der Waals surface area contributed by atoms with Crippen molar-refractivity contribution in [1.29, 1.82) is 0 Å². The predicted molar refractivity (Wildman–Crippen MR) is 67.8 cm³/mol. The topological polar surface area (TPSA) is 52.9 Å². The van der Waals surface area contributed by atoms with E-state index in [0.717, 1.165) is 25.9 Å². The zero-order valence-corrected chi connectivity index (χ0v) is 10.6. The molecule has 2 N–H and O–H groups in total. The second-order valence-electron chi connectivity index (χ2n) is 5.57. The van der Waals surface area contributed by atoms with E-state index in [4.69, 9.17) is 4.74 Å². The van der Waals surface area contributed by atoms with Gasteiger partial charge < -0.3 is 19.8 Å². The Morgan fingerprint density at radius 2 is 2.28 bits per heavy atom. The van der Waals surface area contributed by atoms with Crippen LogP contribution in [0.3, 0.4) is 0 Å². The Morgan fingerprint density at radius 3 is 3.06 bits per heavy atom. The molecule has 1 fully saturated rings. The monoisotopic (exact) mass is 249 g/mol. The van der Waals surface area contributed by atoms with Crippen molar-refractivity contribution in [3.05, 3.63) is 23.8 Å². The largest absolute Gasteiger partial charge is 0.508 e. The van der Waals surface area contributed by atoms with Gasteiger partial charge in [-0.3, -0.25) is 0 Å². The molecule has 0 radical (unpaired) electrons. The van der Waals surface area contributed by atoms with Gasteiger partial charge in [0.15, 0.2) is 0 Å². The summed E-state index contributed by atoms with van der Waals surface area (Å²) in [6, 6.07) is 4.96. The molecular weight excluding hydrogens is 230 g/mol. The van der Waals surface area contributed by atoms with Crippen LogP contribution in [0.4, 0.5) is 0 Å². The van der Waals surface area contributed by atoms with Crippen LogP contribution >= 0.6 is 0 Å². The summed E-state index contributed by atoms with van der Waals surface area (Å²) < 4.78 is 6.14. The number of ether oxygens (including phenoxy) is 1. The van der Waals surface area contributed by atoms with Gasteiger partial charge in [0.2, 0.25) is 0 Å². The number of hydrogen-bond donors (Lipinski definition) is 2. The summed E-state index contributed by atoms with van der Waals surface area (Å²) in [5.41, 5.74) is 0.435. The van der Waals surface area contributed by atoms with Gasteiger partial charge in [0, 0.05) is 18.5 Å². The fourth-order valence-corrected chi connectivity index (χ4v) is 3.20. The molecule has 0 aliphatic carbocycles. The maximum Gasteiger partial charge on any atom is 0.126 e. The van der Waals surface area contributed by atoms with Crippen LogP contribution in [0, 0.1) is 0 Å². The molecule has 98 valence electrons. The van der Waals surface area contributed by atoms with E-state index in [1.165, 1.54) is 0 Å². The smallest absolute Gasteiger partial charge is 0.126 e. The second-order valence-corrected chi connectivity index (χ2v) is 5.57. The maximum atomic E-state index is 10.3. The number of likely N-dealkylation sites (tertiary alicyclic amines) is 1. The van der Waals surface area contributed by atoms with Crippen LogP contribution in [0.15, 0.2) is 18.2 Å². The van der Waals surface area contributed by atoms with Crippen LogP contribution in [0.1, 0.15) is 30.9 Å². The van der Waals surface area contributed by atoms with Gasteiger partial charge in [-0.2, -0.15) is 0 Å². The molecule has 1 saturated heterocycles. The summed E-state index contributed by atoms with van der Waals surface area (Å²) >= 11 is 0. The lowest BCUT2D eigenvalue weighted by Crippen LogP contribution is -2.52. The molecule has 1 aromatic rings. The highest BCUT2D eigenvalue weighted by atomic mass is 16.5. The van der Waals surface area contributed by atoms with Gasteiger partial charge in [0.25, 0.3) is 0 Å². The number of aromatic hydroxyl groups is 1. The van der Waals surface area contributed by atoms with E-state index in [2.05, 4.69) is 11.9 Å². The molecule has 18 heavy (non-hydrogen) atoms. The summed E-state index contributed by atoms with van der Waals surface area (Å²) in [7, 11) is 2.09. The predicted octanol–water partition coefficient (Wildman–Crippen LogP) is 1.67. The van der Waals surface area contributed by atoms with Crippen molar-refractivity contribution in [3.63, 3.8) is 0 Å². The Balaban J connectivity index is 1.93. The average Bonchev–Trinajstić information content (AvgIpc) is 2.30. The number of hydrogen-bond acceptors (Lipinski definition) is 4. The van der Waals surface area contributed by atoms with Crippen molar-refractivity contribution < 1.29 is 14.9 Å². The maximum absolute atomic E-state index is 10.3. The first-order valence-corrected chi connectivity index (χ1v) is 6.47. The fraction of sp³-hybridized carbons (Fsp3) is 0.571. The minimum Gasteiger partial charge on any atom is -0.508 e. The zero-order chi connectivity index (χ0) is 12.8. The first kappa shape index (κ1) is 11.8. The second kappa shape index (κ2) is 4.14. The van der Waals surface area contributed by atoms with Crippen LogP contribution in [-0.4, -0.2) is 40.9 Å². The molecule has 1 aromatic carbocycles. The van der Waals surface area contributed by atoms with Crippen LogP contribution in [0.5, 0.6) is 11.5 Å². The first-order chi connectivity index (χ1) is 8.58. The summed E-state index contributed by atoms with van der Waals surface area (Å²) in [5.74, 6) is 0.884. The van der Waals surface area contributed by atoms with E-state index in [9.17, 15) is 10.2 Å². The number of fused-ring (bicyclic) bond motifs is 1. The molecule has 2 aliphatic heterocycles. The van der Waals surface area contributed by atoms with Gasteiger partial charge in [-0.05, 0) is 44.6 Å². The number of phenolic OH excluding ortho intramolecular Hbond substituents is 1. The molecule has 4 heteroatoms. The number of aliphatic hydroxyl groups is 1. The number of likely N-dealkylation sites (N-methyl/N-ethyl adjacent to an activating group) is 1. The molecule has 0 bridgehead atoms. The third-order valence-electron chi connectivity index (χ3n) is 3.97. The van der Waals surface area contributed by atoms with Crippen molar-refractivity contribution in [1.82, 2.24) is 4.90 Å². The van der Waals surface area contributed by atoms with Crippen molar-refractivity contribution in [3.8, 4) is 11.5 Å². The number of nitrogens with zero attached hydrogens (tertiary/aromatic N) is 1. The molecule has 2 aliphatic rings. The number of phenols is 1. The van der Waals surface area contributed by atoms with E-state index in [-0.39, 0.29) is 11.4 Å². The number of piperidine rings is 1. The molecular formula is C14H19NO3. The van der Waals surface area contributed by atoms with Crippen molar-refractivity contribution >= 4 is 0 Å². The number of rotatable bonds is 0. The van der Waals surface area contributed by atoms with Gasteiger partial charge >= 0.3 is 0 Å². The van der Waals surface area contributed by atoms with E-state index in [1.54, 1.807) is 18.2 Å². The lowest BCUT2D eigenvalue weighted by atomic mass is 9.83. The zero-order valence-electron chi connectivity index (χ0n) is 10.6. The van der Waals surface area contributed by atoms with E-state index >= 15 is 0 Å². The normalized spacial score (nSPS) is 32.0. The Morgan fingerprint density at radius 1 is 1.44 bits per heavy atom. The Bertz CT molecular complexity index is 462. The Labute approximate surface area is 107 Å². The van der Waals surface area contributed by atoms with E-state index in [0.29, 0.717) is 17.7 Å². The van der Waals surface area contributed by atoms with E-state index < -0.39 is 6.10 Å². The average molecular weight is 249 g/mol. The number of aliphatic hydroxyl groups excluding tert-OH is 1. The van der Waals surface area contributed by atoms with Crippen molar-refractivity contribution in [2.45, 2.75) is 31.0 Å². The van der Waals surface area contributed by atoms with Gasteiger partial charge in [0.1, 0.15) is 17.1 Å². The Kier molecular flexibility index (Phi) is 2.72. The molecule has 0 aromatic heterocycles. The van der Waals surface area contributed by atoms with Crippen LogP contribution in [-0.2, 0) is 0 Å².